The maximum atomic E-state index is 14.1. The van der Waals surface area contributed by atoms with Crippen LogP contribution in [0, 0.1) is 5.82 Å². The highest BCUT2D eigenvalue weighted by Gasteiger charge is 2.14. The van der Waals surface area contributed by atoms with Gasteiger partial charge in [0.15, 0.2) is 0 Å². The SMILES string of the molecule is CO[n+]1ccccc1CNC(=O)c1cccc(-c2ccc(Cl)cc2F)c1. The molecule has 0 bridgehead atoms. The van der Waals surface area contributed by atoms with E-state index in [-0.39, 0.29) is 5.91 Å². The number of amides is 1. The minimum Gasteiger partial charge on any atom is -0.342 e. The van der Waals surface area contributed by atoms with Gasteiger partial charge in [0.05, 0.1) is 0 Å². The van der Waals surface area contributed by atoms with Gasteiger partial charge in [-0.15, -0.1) is 0 Å². The number of nitrogens with zero attached hydrogens (tertiary/aromatic N) is 1. The van der Waals surface area contributed by atoms with Gasteiger partial charge in [-0.2, -0.15) is 0 Å². The Hall–Kier alpha value is -2.92. The maximum Gasteiger partial charge on any atom is 0.253 e. The number of benzene rings is 2. The van der Waals surface area contributed by atoms with Gasteiger partial charge in [0.2, 0.25) is 6.20 Å². The molecule has 3 rings (SSSR count). The molecule has 26 heavy (non-hydrogen) atoms. The van der Waals surface area contributed by atoms with Crippen molar-refractivity contribution in [2.75, 3.05) is 7.11 Å². The first-order chi connectivity index (χ1) is 12.6. The summed E-state index contributed by atoms with van der Waals surface area (Å²) in [7, 11) is 1.55. The maximum absolute atomic E-state index is 14.1. The van der Waals surface area contributed by atoms with Crippen molar-refractivity contribution >= 4 is 17.5 Å². The molecule has 0 aliphatic carbocycles. The molecule has 1 amide bonds. The summed E-state index contributed by atoms with van der Waals surface area (Å²) in [6.07, 6.45) is 1.76. The third-order valence-corrected chi connectivity index (χ3v) is 4.13. The summed E-state index contributed by atoms with van der Waals surface area (Å²) in [5.74, 6) is -0.687. The zero-order valence-corrected chi connectivity index (χ0v) is 14.8. The van der Waals surface area contributed by atoms with Crippen molar-refractivity contribution in [3.05, 3.63) is 89.0 Å². The van der Waals surface area contributed by atoms with Crippen molar-refractivity contribution in [1.82, 2.24) is 5.32 Å². The quantitative estimate of drug-likeness (QED) is 0.698. The second-order valence-corrected chi connectivity index (χ2v) is 6.02. The molecule has 4 nitrogen and oxygen atoms in total. The summed E-state index contributed by atoms with van der Waals surface area (Å²) >= 11 is 5.79. The molecule has 0 unspecified atom stereocenters. The molecule has 1 heterocycles. The Morgan fingerprint density at radius 3 is 2.77 bits per heavy atom. The molecule has 0 fully saturated rings. The number of hydrogen-bond acceptors (Lipinski definition) is 2. The molecular formula is C20H17ClFN2O2+. The molecule has 1 N–H and O–H groups in total. The Morgan fingerprint density at radius 1 is 1.15 bits per heavy atom. The fraction of sp³-hybridized carbons (Fsp3) is 0.100. The lowest BCUT2D eigenvalue weighted by Crippen LogP contribution is -2.45. The fourth-order valence-corrected chi connectivity index (χ4v) is 2.76. The smallest absolute Gasteiger partial charge is 0.253 e. The van der Waals surface area contributed by atoms with E-state index >= 15 is 0 Å². The van der Waals surface area contributed by atoms with Gasteiger partial charge in [0.25, 0.3) is 11.6 Å². The first kappa shape index (κ1) is 17.9. The van der Waals surface area contributed by atoms with Crippen LogP contribution in [0.3, 0.4) is 0 Å². The van der Waals surface area contributed by atoms with E-state index in [1.54, 1.807) is 54.4 Å². The minimum absolute atomic E-state index is 0.257. The predicted octanol–water partition coefficient (Wildman–Crippen LogP) is 3.42. The molecule has 0 spiro atoms. The van der Waals surface area contributed by atoms with Crippen LogP contribution in [0.15, 0.2) is 66.9 Å². The minimum atomic E-state index is -0.430. The van der Waals surface area contributed by atoms with E-state index in [2.05, 4.69) is 5.32 Å². The van der Waals surface area contributed by atoms with E-state index in [0.29, 0.717) is 28.3 Å². The summed E-state index contributed by atoms with van der Waals surface area (Å²) in [5.41, 5.74) is 2.24. The average Bonchev–Trinajstić information content (AvgIpc) is 2.66. The number of nitrogens with one attached hydrogen (secondary N) is 1. The molecule has 2 aromatic carbocycles. The number of hydrogen-bond donors (Lipinski definition) is 1. The van der Waals surface area contributed by atoms with E-state index in [9.17, 15) is 9.18 Å². The topological polar surface area (TPSA) is 42.2 Å². The van der Waals surface area contributed by atoms with Crippen LogP contribution in [0.4, 0.5) is 4.39 Å². The standard InChI is InChI=1S/C20H16ClFN2O2/c1-26-24-10-3-2-7-17(24)13-23-20(25)15-6-4-5-14(11-15)18-9-8-16(21)12-19(18)22/h2-12H,13H2,1H3/p+1. The molecule has 0 aliphatic rings. The molecule has 0 aliphatic heterocycles. The zero-order chi connectivity index (χ0) is 18.5. The fourth-order valence-electron chi connectivity index (χ4n) is 2.60. The number of carbonyl (C=O) groups is 1. The molecule has 3 aromatic rings. The van der Waals surface area contributed by atoms with Crippen molar-refractivity contribution < 1.29 is 18.8 Å². The van der Waals surface area contributed by atoms with Crippen molar-refractivity contribution in [3.8, 4) is 11.1 Å². The Labute approximate surface area is 155 Å². The first-order valence-corrected chi connectivity index (χ1v) is 8.34. The van der Waals surface area contributed by atoms with Crippen LogP contribution in [0.2, 0.25) is 5.02 Å². The Morgan fingerprint density at radius 2 is 2.00 bits per heavy atom. The lowest BCUT2D eigenvalue weighted by molar-refractivity contribution is -0.890. The van der Waals surface area contributed by atoms with Gasteiger partial charge in [-0.3, -0.25) is 9.63 Å². The number of carbonyl (C=O) groups excluding carboxylic acids is 1. The molecule has 0 radical (unpaired) electrons. The molecule has 6 heteroatoms. The van der Waals surface area contributed by atoms with Crippen LogP contribution >= 0.6 is 11.6 Å². The lowest BCUT2D eigenvalue weighted by atomic mass is 10.0. The molecule has 0 atom stereocenters. The highest BCUT2D eigenvalue weighted by molar-refractivity contribution is 6.30. The normalized spacial score (nSPS) is 10.4. The van der Waals surface area contributed by atoms with Gasteiger partial charge in [-0.25, -0.2) is 4.39 Å². The Balaban J connectivity index is 1.78. The van der Waals surface area contributed by atoms with Crippen molar-refractivity contribution in [3.63, 3.8) is 0 Å². The van der Waals surface area contributed by atoms with Gasteiger partial charge in [0.1, 0.15) is 19.5 Å². The van der Waals surface area contributed by atoms with Crippen LogP contribution in [0.5, 0.6) is 0 Å². The first-order valence-electron chi connectivity index (χ1n) is 7.96. The number of rotatable bonds is 5. The Bertz CT molecular complexity index is 947. The second-order valence-electron chi connectivity index (χ2n) is 5.59. The van der Waals surface area contributed by atoms with E-state index in [0.717, 1.165) is 5.69 Å². The van der Waals surface area contributed by atoms with Gasteiger partial charge in [-0.1, -0.05) is 23.7 Å². The van der Waals surface area contributed by atoms with Crippen LogP contribution in [0.1, 0.15) is 16.1 Å². The van der Waals surface area contributed by atoms with E-state index in [1.165, 1.54) is 6.07 Å². The van der Waals surface area contributed by atoms with E-state index in [4.69, 9.17) is 16.4 Å². The number of halogens is 2. The van der Waals surface area contributed by atoms with E-state index in [1.807, 2.05) is 18.2 Å². The van der Waals surface area contributed by atoms with Crippen LogP contribution < -0.4 is 14.9 Å². The lowest BCUT2D eigenvalue weighted by Gasteiger charge is -2.08. The van der Waals surface area contributed by atoms with Gasteiger partial charge < -0.3 is 5.32 Å². The van der Waals surface area contributed by atoms with Crippen molar-refractivity contribution in [1.29, 1.82) is 0 Å². The van der Waals surface area contributed by atoms with Gasteiger partial charge in [-0.05, 0) is 42.0 Å². The van der Waals surface area contributed by atoms with Crippen molar-refractivity contribution in [2.45, 2.75) is 6.54 Å². The third-order valence-electron chi connectivity index (χ3n) is 3.90. The Kier molecular flexibility index (Phi) is 5.49. The van der Waals surface area contributed by atoms with Crippen LogP contribution in [-0.2, 0) is 6.54 Å². The summed E-state index contributed by atoms with van der Waals surface area (Å²) < 4.78 is 15.7. The molecule has 0 saturated heterocycles. The van der Waals surface area contributed by atoms with Crippen molar-refractivity contribution in [2.24, 2.45) is 0 Å². The molecule has 1 aromatic heterocycles. The van der Waals surface area contributed by atoms with E-state index < -0.39 is 5.82 Å². The number of aromatic nitrogens is 1. The summed E-state index contributed by atoms with van der Waals surface area (Å²) in [4.78, 5) is 17.7. The molecule has 0 saturated carbocycles. The predicted molar refractivity (Wildman–Crippen MR) is 97.2 cm³/mol. The molecule has 132 valence electrons. The zero-order valence-electron chi connectivity index (χ0n) is 14.1. The summed E-state index contributed by atoms with van der Waals surface area (Å²) in [5, 5.41) is 3.17. The highest BCUT2D eigenvalue weighted by atomic mass is 35.5. The highest BCUT2D eigenvalue weighted by Crippen LogP contribution is 2.26. The van der Waals surface area contributed by atoms with Crippen LogP contribution in [0.25, 0.3) is 11.1 Å². The van der Waals surface area contributed by atoms with Gasteiger partial charge in [0, 0.05) is 33.0 Å². The number of pyridine rings is 1. The second kappa shape index (κ2) is 7.97. The summed E-state index contributed by atoms with van der Waals surface area (Å²) in [6.45, 7) is 0.299. The largest absolute Gasteiger partial charge is 0.342 e. The van der Waals surface area contributed by atoms with Crippen LogP contribution in [-0.4, -0.2) is 13.0 Å². The third kappa shape index (κ3) is 4.00. The van der Waals surface area contributed by atoms with Gasteiger partial charge >= 0.3 is 0 Å². The molecular weight excluding hydrogens is 355 g/mol. The summed E-state index contributed by atoms with van der Waals surface area (Å²) in [6, 6.07) is 16.8. The monoisotopic (exact) mass is 371 g/mol. The average molecular weight is 372 g/mol.